The molecular weight excluding hydrogens is 223 g/mol. The van der Waals surface area contributed by atoms with Crippen LogP contribution in [0.5, 0.6) is 0 Å². The summed E-state index contributed by atoms with van der Waals surface area (Å²) in [5.41, 5.74) is -0.477. The van der Waals surface area contributed by atoms with Gasteiger partial charge in [-0.15, -0.1) is 0 Å². The molecule has 88 valence electrons. The van der Waals surface area contributed by atoms with E-state index in [1.807, 2.05) is 0 Å². The molecule has 0 radical (unpaired) electrons. The summed E-state index contributed by atoms with van der Waals surface area (Å²) in [6.07, 6.45) is -4.22. The van der Waals surface area contributed by atoms with E-state index in [9.17, 15) is 18.0 Å². The molecule has 1 amide bonds. The van der Waals surface area contributed by atoms with Crippen LogP contribution in [-0.2, 0) is 18.0 Å². The van der Waals surface area contributed by atoms with E-state index in [4.69, 9.17) is 0 Å². The normalized spacial score (nSPS) is 21.2. The van der Waals surface area contributed by atoms with Gasteiger partial charge in [-0.3, -0.25) is 9.48 Å². The molecule has 0 saturated carbocycles. The summed E-state index contributed by atoms with van der Waals surface area (Å²) in [6, 6.07) is 1.00. The number of halogens is 3. The van der Waals surface area contributed by atoms with Crippen LogP contribution in [0, 0.1) is 0 Å². The molecule has 1 aliphatic rings. The Kier molecular flexibility index (Phi) is 2.40. The van der Waals surface area contributed by atoms with Crippen LogP contribution in [0.1, 0.15) is 23.7 Å². The quantitative estimate of drug-likeness (QED) is 0.787. The molecule has 2 heterocycles. The number of nitrogens with zero attached hydrogens (tertiary/aromatic N) is 2. The minimum absolute atomic E-state index is 0.139. The van der Waals surface area contributed by atoms with E-state index >= 15 is 0 Å². The van der Waals surface area contributed by atoms with Crippen molar-refractivity contribution < 1.29 is 18.0 Å². The zero-order valence-corrected chi connectivity index (χ0v) is 8.51. The monoisotopic (exact) mass is 233 g/mol. The highest BCUT2D eigenvalue weighted by atomic mass is 19.4. The van der Waals surface area contributed by atoms with Crippen molar-refractivity contribution in [1.82, 2.24) is 15.1 Å². The van der Waals surface area contributed by atoms with Crippen molar-refractivity contribution in [3.63, 3.8) is 0 Å². The molecule has 4 nitrogen and oxygen atoms in total. The summed E-state index contributed by atoms with van der Waals surface area (Å²) in [5.74, 6) is -0.360. The van der Waals surface area contributed by atoms with Crippen molar-refractivity contribution in [3.05, 3.63) is 17.5 Å². The fraction of sp³-hybridized carbons (Fsp3) is 0.556. The SMILES string of the molecule is Cn1nc(C(F)(F)F)cc1C1CNC(=O)C1. The fourth-order valence-electron chi connectivity index (χ4n) is 1.82. The molecule has 2 rings (SSSR count). The predicted octanol–water partition coefficient (Wildman–Crippen LogP) is 1.04. The van der Waals surface area contributed by atoms with Crippen LogP contribution in [-0.4, -0.2) is 22.2 Å². The third kappa shape index (κ3) is 1.89. The first-order valence-corrected chi connectivity index (χ1v) is 4.76. The zero-order valence-electron chi connectivity index (χ0n) is 8.51. The van der Waals surface area contributed by atoms with Crippen molar-refractivity contribution in [3.8, 4) is 0 Å². The van der Waals surface area contributed by atoms with Gasteiger partial charge in [0.15, 0.2) is 5.69 Å². The van der Waals surface area contributed by atoms with Crippen molar-refractivity contribution in [1.29, 1.82) is 0 Å². The Balaban J connectivity index is 2.29. The lowest BCUT2D eigenvalue weighted by Gasteiger charge is -2.06. The highest BCUT2D eigenvalue weighted by Gasteiger charge is 2.36. The zero-order chi connectivity index (χ0) is 11.9. The first-order valence-electron chi connectivity index (χ1n) is 4.76. The number of amides is 1. The van der Waals surface area contributed by atoms with Gasteiger partial charge in [0, 0.05) is 31.6 Å². The maximum Gasteiger partial charge on any atom is 0.435 e. The molecule has 1 aromatic heterocycles. The lowest BCUT2D eigenvalue weighted by atomic mass is 10.0. The number of hydrogen-bond donors (Lipinski definition) is 1. The lowest BCUT2D eigenvalue weighted by Crippen LogP contribution is -2.14. The van der Waals surface area contributed by atoms with E-state index in [0.717, 1.165) is 6.07 Å². The average molecular weight is 233 g/mol. The summed E-state index contributed by atoms with van der Waals surface area (Å²) >= 11 is 0. The summed E-state index contributed by atoms with van der Waals surface area (Å²) in [7, 11) is 1.45. The summed E-state index contributed by atoms with van der Waals surface area (Å²) in [4.78, 5) is 11.0. The second kappa shape index (κ2) is 3.50. The van der Waals surface area contributed by atoms with Crippen LogP contribution in [0.15, 0.2) is 6.07 Å². The number of alkyl halides is 3. The van der Waals surface area contributed by atoms with E-state index in [1.54, 1.807) is 0 Å². The van der Waals surface area contributed by atoms with Crippen LogP contribution in [0.3, 0.4) is 0 Å². The van der Waals surface area contributed by atoms with Crippen LogP contribution < -0.4 is 5.32 Å². The number of hydrogen-bond acceptors (Lipinski definition) is 2. The molecular formula is C9H10F3N3O. The van der Waals surface area contributed by atoms with E-state index in [2.05, 4.69) is 10.4 Å². The second-order valence-electron chi connectivity index (χ2n) is 3.78. The predicted molar refractivity (Wildman–Crippen MR) is 48.6 cm³/mol. The van der Waals surface area contributed by atoms with E-state index in [1.165, 1.54) is 11.7 Å². The van der Waals surface area contributed by atoms with Crippen molar-refractivity contribution in [2.45, 2.75) is 18.5 Å². The number of carbonyl (C=O) groups excluding carboxylic acids is 1. The topological polar surface area (TPSA) is 46.9 Å². The molecule has 1 fully saturated rings. The Hall–Kier alpha value is -1.53. The van der Waals surface area contributed by atoms with E-state index in [-0.39, 0.29) is 18.2 Å². The Morgan fingerprint density at radius 2 is 2.25 bits per heavy atom. The van der Waals surface area contributed by atoms with E-state index in [0.29, 0.717) is 12.2 Å². The molecule has 1 N–H and O–H groups in total. The molecule has 1 atom stereocenters. The maximum absolute atomic E-state index is 12.4. The van der Waals surface area contributed by atoms with Gasteiger partial charge in [0.25, 0.3) is 0 Å². The molecule has 0 spiro atoms. The van der Waals surface area contributed by atoms with Gasteiger partial charge in [0.2, 0.25) is 5.91 Å². The standard InChI is InChI=1S/C9H10F3N3O/c1-15-6(5-2-8(16)13-4-5)3-7(14-15)9(10,11)12/h3,5H,2,4H2,1H3,(H,13,16). The van der Waals surface area contributed by atoms with E-state index < -0.39 is 11.9 Å². The molecule has 1 unspecified atom stereocenters. The molecule has 1 aliphatic heterocycles. The van der Waals surface area contributed by atoms with Gasteiger partial charge in [0.1, 0.15) is 0 Å². The second-order valence-corrected chi connectivity index (χ2v) is 3.78. The van der Waals surface area contributed by atoms with Crippen molar-refractivity contribution in [2.24, 2.45) is 7.05 Å². The van der Waals surface area contributed by atoms with Gasteiger partial charge in [0.05, 0.1) is 0 Å². The number of carbonyl (C=O) groups is 1. The number of nitrogens with one attached hydrogen (secondary N) is 1. The highest BCUT2D eigenvalue weighted by molar-refractivity contribution is 5.79. The summed E-state index contributed by atoms with van der Waals surface area (Å²) in [6.45, 7) is 0.371. The first kappa shape index (κ1) is 11.0. The third-order valence-corrected chi connectivity index (χ3v) is 2.60. The Morgan fingerprint density at radius 1 is 1.56 bits per heavy atom. The Morgan fingerprint density at radius 3 is 2.69 bits per heavy atom. The summed E-state index contributed by atoms with van der Waals surface area (Å²) in [5, 5.41) is 5.99. The van der Waals surface area contributed by atoms with Crippen LogP contribution in [0.2, 0.25) is 0 Å². The average Bonchev–Trinajstić information content (AvgIpc) is 2.70. The van der Waals surface area contributed by atoms with Crippen LogP contribution in [0.4, 0.5) is 13.2 Å². The Bertz CT molecular complexity index is 424. The highest BCUT2D eigenvalue weighted by Crippen LogP contribution is 2.31. The number of aromatic nitrogens is 2. The molecule has 16 heavy (non-hydrogen) atoms. The van der Waals surface area contributed by atoms with Crippen LogP contribution in [0.25, 0.3) is 0 Å². The number of aryl methyl sites for hydroxylation is 1. The van der Waals surface area contributed by atoms with Gasteiger partial charge in [-0.25, -0.2) is 0 Å². The largest absolute Gasteiger partial charge is 0.435 e. The fourth-order valence-corrected chi connectivity index (χ4v) is 1.82. The molecule has 1 saturated heterocycles. The maximum atomic E-state index is 12.4. The molecule has 0 bridgehead atoms. The smallest absolute Gasteiger partial charge is 0.355 e. The van der Waals surface area contributed by atoms with Gasteiger partial charge < -0.3 is 5.32 Å². The van der Waals surface area contributed by atoms with Gasteiger partial charge in [-0.05, 0) is 6.07 Å². The third-order valence-electron chi connectivity index (χ3n) is 2.60. The van der Waals surface area contributed by atoms with Crippen molar-refractivity contribution in [2.75, 3.05) is 6.54 Å². The molecule has 0 aliphatic carbocycles. The minimum Gasteiger partial charge on any atom is -0.355 e. The minimum atomic E-state index is -4.44. The van der Waals surface area contributed by atoms with Crippen molar-refractivity contribution >= 4 is 5.91 Å². The summed E-state index contributed by atoms with van der Waals surface area (Å²) < 4.78 is 38.3. The first-order chi connectivity index (χ1) is 7.38. The van der Waals surface area contributed by atoms with Gasteiger partial charge in [-0.2, -0.15) is 18.3 Å². The Labute approximate surface area is 89.4 Å². The van der Waals surface area contributed by atoms with Gasteiger partial charge in [-0.1, -0.05) is 0 Å². The molecule has 1 aromatic rings. The van der Waals surface area contributed by atoms with Gasteiger partial charge >= 0.3 is 6.18 Å². The van der Waals surface area contributed by atoms with Crippen LogP contribution >= 0.6 is 0 Å². The molecule has 7 heteroatoms. The molecule has 0 aromatic carbocycles. The lowest BCUT2D eigenvalue weighted by molar-refractivity contribution is -0.141. The number of rotatable bonds is 1.